The summed E-state index contributed by atoms with van der Waals surface area (Å²) >= 11 is 0. The molecule has 1 aromatic carbocycles. The summed E-state index contributed by atoms with van der Waals surface area (Å²) in [5.74, 6) is 1.53. The first-order valence-corrected chi connectivity index (χ1v) is 11.7. The number of ketones is 1. The van der Waals surface area contributed by atoms with Crippen LogP contribution in [-0.2, 0) is 0 Å². The van der Waals surface area contributed by atoms with Crippen molar-refractivity contribution in [2.24, 2.45) is 11.3 Å². The van der Waals surface area contributed by atoms with Gasteiger partial charge in [0.1, 0.15) is 11.4 Å². The van der Waals surface area contributed by atoms with Crippen molar-refractivity contribution in [2.45, 2.75) is 58.0 Å². The van der Waals surface area contributed by atoms with Gasteiger partial charge < -0.3 is 4.74 Å². The standard InChI is InChI=1S/C18H26O2Si/c1-17-10-13(11-21(3,4)5)18(2,12-17)16(19)14-8-6-7-9-15(14)20-17/h6-9,13H,10-12H2,1-5H3/t13-,17+,18+/m0/s1. The maximum Gasteiger partial charge on any atom is 0.172 e. The number of hydrogen-bond donors (Lipinski definition) is 0. The minimum absolute atomic E-state index is 0.193. The number of para-hydroxylation sites is 1. The van der Waals surface area contributed by atoms with E-state index in [1.807, 2.05) is 24.3 Å². The monoisotopic (exact) mass is 302 g/mol. The molecule has 0 unspecified atom stereocenters. The Morgan fingerprint density at radius 1 is 1.24 bits per heavy atom. The van der Waals surface area contributed by atoms with E-state index in [1.54, 1.807) is 0 Å². The second-order valence-electron chi connectivity index (χ2n) is 8.64. The van der Waals surface area contributed by atoms with E-state index < -0.39 is 8.07 Å². The largest absolute Gasteiger partial charge is 0.487 e. The highest BCUT2D eigenvalue weighted by molar-refractivity contribution is 6.76. The van der Waals surface area contributed by atoms with Crippen LogP contribution in [0, 0.1) is 11.3 Å². The fourth-order valence-corrected chi connectivity index (χ4v) is 6.51. The van der Waals surface area contributed by atoms with Crippen molar-refractivity contribution in [2.75, 3.05) is 0 Å². The number of carbonyl (C=O) groups is 1. The van der Waals surface area contributed by atoms with Gasteiger partial charge in [-0.1, -0.05) is 44.7 Å². The van der Waals surface area contributed by atoms with E-state index in [9.17, 15) is 4.79 Å². The van der Waals surface area contributed by atoms with E-state index in [-0.39, 0.29) is 11.0 Å². The predicted molar refractivity (Wildman–Crippen MR) is 88.8 cm³/mol. The van der Waals surface area contributed by atoms with Gasteiger partial charge in [-0.3, -0.25) is 4.79 Å². The molecule has 1 saturated carbocycles. The smallest absolute Gasteiger partial charge is 0.172 e. The van der Waals surface area contributed by atoms with Gasteiger partial charge in [-0.15, -0.1) is 0 Å². The van der Waals surface area contributed by atoms with Crippen LogP contribution in [0.25, 0.3) is 0 Å². The molecule has 2 nitrogen and oxygen atoms in total. The number of fused-ring (bicyclic) bond motifs is 3. The van der Waals surface area contributed by atoms with Crippen LogP contribution in [-0.4, -0.2) is 19.5 Å². The summed E-state index contributed by atoms with van der Waals surface area (Å²) < 4.78 is 6.31. The van der Waals surface area contributed by atoms with E-state index >= 15 is 0 Å². The first kappa shape index (κ1) is 14.8. The third-order valence-corrected chi connectivity index (χ3v) is 6.90. The number of hydrogen-bond acceptors (Lipinski definition) is 2. The summed E-state index contributed by atoms with van der Waals surface area (Å²) in [4.78, 5) is 13.2. The third-order valence-electron chi connectivity index (χ3n) is 5.19. The summed E-state index contributed by atoms with van der Waals surface area (Å²) in [5, 5.41) is 0. The van der Waals surface area contributed by atoms with Crippen LogP contribution in [0.3, 0.4) is 0 Å². The molecular formula is C18H26O2Si. The minimum Gasteiger partial charge on any atom is -0.487 e. The summed E-state index contributed by atoms with van der Waals surface area (Å²) in [6.45, 7) is 11.6. The second kappa shape index (κ2) is 4.45. The highest BCUT2D eigenvalue weighted by atomic mass is 28.3. The Balaban J connectivity index is 2.06. The Morgan fingerprint density at radius 2 is 1.90 bits per heavy atom. The first-order valence-electron chi connectivity index (χ1n) is 7.96. The molecule has 3 rings (SSSR count). The number of ether oxygens (including phenoxy) is 1. The molecule has 0 aromatic heterocycles. The Kier molecular flexibility index (Phi) is 3.14. The highest BCUT2D eigenvalue weighted by Gasteiger charge is 2.58. The van der Waals surface area contributed by atoms with Crippen LogP contribution in [0.1, 0.15) is 37.0 Å². The van der Waals surface area contributed by atoms with Crippen molar-refractivity contribution < 1.29 is 9.53 Å². The van der Waals surface area contributed by atoms with Crippen molar-refractivity contribution in [3.05, 3.63) is 29.8 Å². The van der Waals surface area contributed by atoms with Gasteiger partial charge >= 0.3 is 0 Å². The molecule has 0 radical (unpaired) electrons. The van der Waals surface area contributed by atoms with E-state index in [4.69, 9.17) is 4.74 Å². The molecule has 3 atom stereocenters. The average Bonchev–Trinajstić information content (AvgIpc) is 2.54. The van der Waals surface area contributed by atoms with Crippen molar-refractivity contribution in [1.29, 1.82) is 0 Å². The zero-order valence-corrected chi connectivity index (χ0v) is 14.8. The maximum atomic E-state index is 13.2. The molecule has 0 amide bonds. The van der Waals surface area contributed by atoms with E-state index in [1.165, 1.54) is 6.04 Å². The van der Waals surface area contributed by atoms with Gasteiger partial charge in [0.2, 0.25) is 0 Å². The van der Waals surface area contributed by atoms with Gasteiger partial charge in [-0.25, -0.2) is 0 Å². The summed E-state index contributed by atoms with van der Waals surface area (Å²) in [6.07, 6.45) is 1.86. The normalized spacial score (nSPS) is 35.1. The first-order chi connectivity index (χ1) is 9.63. The van der Waals surface area contributed by atoms with Crippen LogP contribution < -0.4 is 4.74 Å². The molecule has 0 spiro atoms. The van der Waals surface area contributed by atoms with E-state index in [0.717, 1.165) is 24.2 Å². The quantitative estimate of drug-likeness (QED) is 0.735. The molecule has 1 aromatic rings. The van der Waals surface area contributed by atoms with Gasteiger partial charge in [0.15, 0.2) is 5.78 Å². The maximum absolute atomic E-state index is 13.2. The highest BCUT2D eigenvalue weighted by Crippen LogP contribution is 2.57. The van der Waals surface area contributed by atoms with Gasteiger partial charge in [-0.2, -0.15) is 0 Å². The average molecular weight is 302 g/mol. The molecule has 21 heavy (non-hydrogen) atoms. The fraction of sp³-hybridized carbons (Fsp3) is 0.611. The van der Waals surface area contributed by atoms with E-state index in [2.05, 4.69) is 33.5 Å². The second-order valence-corrected chi connectivity index (χ2v) is 14.2. The van der Waals surface area contributed by atoms with Gasteiger partial charge in [0.25, 0.3) is 0 Å². The SMILES string of the molecule is C[C@@]12C[C@@H](C[Si](C)(C)C)[C@@](C)(C1)C(=O)c1ccccc1O2. The lowest BCUT2D eigenvalue weighted by molar-refractivity contribution is 0.0736. The summed E-state index contributed by atoms with van der Waals surface area (Å²) in [6, 6.07) is 8.97. The van der Waals surface area contributed by atoms with Crippen molar-refractivity contribution in [3.63, 3.8) is 0 Å². The van der Waals surface area contributed by atoms with Crippen molar-refractivity contribution >= 4 is 13.9 Å². The van der Waals surface area contributed by atoms with Gasteiger partial charge in [0, 0.05) is 13.5 Å². The molecule has 1 aliphatic heterocycles. The molecule has 0 saturated heterocycles. The zero-order chi connectivity index (χ0) is 15.5. The molecular weight excluding hydrogens is 276 g/mol. The van der Waals surface area contributed by atoms with Crippen LogP contribution in [0.4, 0.5) is 0 Å². The van der Waals surface area contributed by atoms with Crippen molar-refractivity contribution in [1.82, 2.24) is 0 Å². The molecule has 1 aliphatic carbocycles. The molecule has 3 heteroatoms. The third kappa shape index (κ3) is 2.46. The van der Waals surface area contributed by atoms with Crippen LogP contribution in [0.5, 0.6) is 5.75 Å². The lowest BCUT2D eigenvalue weighted by Gasteiger charge is -2.34. The molecule has 2 bridgehead atoms. The van der Waals surface area contributed by atoms with E-state index in [0.29, 0.717) is 11.7 Å². The van der Waals surface area contributed by atoms with Crippen LogP contribution >= 0.6 is 0 Å². The number of carbonyl (C=O) groups excluding carboxylic acids is 1. The topological polar surface area (TPSA) is 26.3 Å². The Morgan fingerprint density at radius 3 is 2.57 bits per heavy atom. The lowest BCUT2D eigenvalue weighted by atomic mass is 9.74. The molecule has 0 N–H and O–H groups in total. The fourth-order valence-electron chi connectivity index (χ4n) is 4.44. The molecule has 2 aliphatic rings. The van der Waals surface area contributed by atoms with Crippen LogP contribution in [0.2, 0.25) is 25.7 Å². The summed E-state index contributed by atoms with van der Waals surface area (Å²) in [7, 11) is -1.21. The Bertz CT molecular complexity index is 589. The molecule has 1 fully saturated rings. The summed E-state index contributed by atoms with van der Waals surface area (Å²) in [5.41, 5.74) is 0.326. The number of Topliss-reactive ketones (excluding diaryl/α,β-unsaturated/α-hetero) is 1. The number of benzene rings is 1. The Labute approximate surface area is 128 Å². The van der Waals surface area contributed by atoms with Gasteiger partial charge in [0.05, 0.1) is 5.56 Å². The number of rotatable bonds is 2. The van der Waals surface area contributed by atoms with Crippen molar-refractivity contribution in [3.8, 4) is 5.75 Å². The Hall–Kier alpha value is -1.09. The predicted octanol–water partition coefficient (Wildman–Crippen LogP) is 4.77. The molecule has 114 valence electrons. The zero-order valence-electron chi connectivity index (χ0n) is 13.8. The van der Waals surface area contributed by atoms with Crippen LogP contribution in [0.15, 0.2) is 24.3 Å². The molecule has 1 heterocycles. The minimum atomic E-state index is -1.21. The van der Waals surface area contributed by atoms with Gasteiger partial charge in [-0.05, 0) is 37.8 Å². The lowest BCUT2D eigenvalue weighted by Crippen LogP contribution is -2.36.